The average Bonchev–Trinajstić information content (AvgIpc) is 3.19. The number of hydrogen-bond acceptors (Lipinski definition) is 4. The first kappa shape index (κ1) is 22.5. The van der Waals surface area contributed by atoms with Crippen molar-refractivity contribution in [2.24, 2.45) is 0 Å². The lowest BCUT2D eigenvalue weighted by Gasteiger charge is -2.25. The molecule has 1 heterocycles. The number of carboxylic acid groups (broad SMARTS) is 1. The first-order valence-corrected chi connectivity index (χ1v) is 9.33. The lowest BCUT2D eigenvalue weighted by atomic mass is 9.87. The molecule has 0 aliphatic carbocycles. The second kappa shape index (κ2) is 8.16. The Balaban J connectivity index is 2.33. The van der Waals surface area contributed by atoms with Crippen LogP contribution >= 0.6 is 0 Å². The highest BCUT2D eigenvalue weighted by Crippen LogP contribution is 2.44. The highest BCUT2D eigenvalue weighted by Gasteiger charge is 2.41. The number of aryl methyl sites for hydroxylation is 2. The molecule has 0 bridgehead atoms. The summed E-state index contributed by atoms with van der Waals surface area (Å²) in [6.45, 7) is 1.34. The lowest BCUT2D eigenvalue weighted by molar-refractivity contribution is -0.153. The zero-order chi connectivity index (χ0) is 23.0. The largest absolute Gasteiger partial charge is 0.479 e. The molecule has 0 aliphatic heterocycles. The van der Waals surface area contributed by atoms with Crippen LogP contribution in [-0.4, -0.2) is 44.3 Å². The maximum atomic E-state index is 14.0. The van der Waals surface area contributed by atoms with Crippen LogP contribution in [0.5, 0.6) is 0 Å². The van der Waals surface area contributed by atoms with Crippen molar-refractivity contribution >= 4 is 5.97 Å². The Labute approximate surface area is 176 Å². The number of benzene rings is 2. The van der Waals surface area contributed by atoms with Gasteiger partial charge in [0.25, 0.3) is 0 Å². The van der Waals surface area contributed by atoms with Gasteiger partial charge in [-0.3, -0.25) is 0 Å². The number of aliphatic carboxylic acids is 1. The monoisotopic (exact) mass is 434 g/mol. The molecule has 0 amide bonds. The number of aliphatic hydroxyl groups excluding tert-OH is 2. The number of hydrogen-bond donors (Lipinski definition) is 3. The zero-order valence-electron chi connectivity index (χ0n) is 16.8. The molecule has 0 aliphatic rings. The third kappa shape index (κ3) is 3.94. The molecule has 31 heavy (non-hydrogen) atoms. The minimum Gasteiger partial charge on any atom is -0.479 e. The Morgan fingerprint density at radius 1 is 1.06 bits per heavy atom. The van der Waals surface area contributed by atoms with Gasteiger partial charge in [0.15, 0.2) is 0 Å². The highest BCUT2D eigenvalue weighted by atomic mass is 19.4. The van der Waals surface area contributed by atoms with Gasteiger partial charge in [-0.05, 0) is 42.2 Å². The molecule has 3 aromatic rings. The maximum absolute atomic E-state index is 14.0. The fourth-order valence-electron chi connectivity index (χ4n) is 3.51. The van der Waals surface area contributed by atoms with Crippen LogP contribution in [0.4, 0.5) is 13.2 Å². The molecule has 9 heteroatoms. The van der Waals surface area contributed by atoms with Crippen LogP contribution < -0.4 is 0 Å². The number of aliphatic hydroxyl groups is 2. The van der Waals surface area contributed by atoms with E-state index in [1.54, 1.807) is 37.3 Å². The van der Waals surface area contributed by atoms with Gasteiger partial charge in [-0.2, -0.15) is 18.3 Å². The van der Waals surface area contributed by atoms with Crippen LogP contribution in [0.2, 0.25) is 0 Å². The molecule has 0 atom stereocenters. The standard InChI is InChI=1S/C22H21F3N2O4/c1-13-7-17(15-9-26-27(10-15)21(11-28,12-29)20(30)31)19(18(8-13)22(23,24)25)16-6-4-3-5-14(16)2/h3-10,28-29H,11-12H2,1-2H3,(H,30,31). The minimum absolute atomic E-state index is 0.0512. The van der Waals surface area contributed by atoms with E-state index >= 15 is 0 Å². The van der Waals surface area contributed by atoms with E-state index in [0.717, 1.165) is 10.7 Å². The van der Waals surface area contributed by atoms with Crippen LogP contribution in [0.15, 0.2) is 48.8 Å². The number of rotatable bonds is 6. The summed E-state index contributed by atoms with van der Waals surface area (Å²) in [5.74, 6) is -1.52. The van der Waals surface area contributed by atoms with Crippen molar-refractivity contribution in [2.45, 2.75) is 25.6 Å². The Morgan fingerprint density at radius 2 is 1.71 bits per heavy atom. The van der Waals surface area contributed by atoms with Crippen molar-refractivity contribution in [3.63, 3.8) is 0 Å². The summed E-state index contributed by atoms with van der Waals surface area (Å²) < 4.78 is 42.8. The Kier molecular flexibility index (Phi) is 5.93. The topological polar surface area (TPSA) is 95.6 Å². The van der Waals surface area contributed by atoms with Gasteiger partial charge in [0.2, 0.25) is 5.54 Å². The Hall–Kier alpha value is -3.17. The average molecular weight is 434 g/mol. The van der Waals surface area contributed by atoms with Crippen LogP contribution in [0.3, 0.4) is 0 Å². The second-order valence-electron chi connectivity index (χ2n) is 7.37. The molecule has 6 nitrogen and oxygen atoms in total. The van der Waals surface area contributed by atoms with Gasteiger partial charge in [-0.1, -0.05) is 30.3 Å². The van der Waals surface area contributed by atoms with Gasteiger partial charge in [0.1, 0.15) is 0 Å². The fraction of sp³-hybridized carbons (Fsp3) is 0.273. The van der Waals surface area contributed by atoms with Crippen LogP contribution in [-0.2, 0) is 16.5 Å². The molecule has 164 valence electrons. The molecule has 0 spiro atoms. The van der Waals surface area contributed by atoms with Crippen molar-refractivity contribution in [2.75, 3.05) is 13.2 Å². The summed E-state index contributed by atoms with van der Waals surface area (Å²) in [5, 5.41) is 32.6. The smallest absolute Gasteiger partial charge is 0.417 e. The van der Waals surface area contributed by atoms with E-state index in [4.69, 9.17) is 0 Å². The van der Waals surface area contributed by atoms with Gasteiger partial charge in [0, 0.05) is 17.3 Å². The molecule has 1 aromatic heterocycles. The number of carboxylic acids is 1. The summed E-state index contributed by atoms with van der Waals surface area (Å²) in [6, 6.07) is 9.29. The molecule has 2 aromatic carbocycles. The summed E-state index contributed by atoms with van der Waals surface area (Å²) in [6.07, 6.45) is -2.19. The van der Waals surface area contributed by atoms with Crippen molar-refractivity contribution in [1.82, 2.24) is 9.78 Å². The van der Waals surface area contributed by atoms with Crippen molar-refractivity contribution in [3.05, 3.63) is 65.5 Å². The third-order valence-electron chi connectivity index (χ3n) is 5.26. The summed E-state index contributed by atoms with van der Waals surface area (Å²) in [4.78, 5) is 11.7. The van der Waals surface area contributed by atoms with E-state index in [1.807, 2.05) is 0 Å². The Bertz CT molecular complexity index is 1120. The third-order valence-corrected chi connectivity index (χ3v) is 5.26. The molecule has 3 N–H and O–H groups in total. The van der Waals surface area contributed by atoms with E-state index in [0.29, 0.717) is 16.7 Å². The molecule has 0 radical (unpaired) electrons. The van der Waals surface area contributed by atoms with Crippen molar-refractivity contribution < 1.29 is 33.3 Å². The summed E-state index contributed by atoms with van der Waals surface area (Å²) in [5.41, 5.74) is -1.20. The molecule has 0 fully saturated rings. The highest BCUT2D eigenvalue weighted by molar-refractivity contribution is 5.88. The Morgan fingerprint density at radius 3 is 2.26 bits per heavy atom. The molecule has 3 rings (SSSR count). The molecule has 0 unspecified atom stereocenters. The number of halogens is 3. The molecular weight excluding hydrogens is 413 g/mol. The zero-order valence-corrected chi connectivity index (χ0v) is 16.8. The van der Waals surface area contributed by atoms with Gasteiger partial charge in [-0.15, -0.1) is 0 Å². The predicted octanol–water partition coefficient (Wildman–Crippen LogP) is 3.62. The first-order chi connectivity index (χ1) is 14.5. The quantitative estimate of drug-likeness (QED) is 0.551. The minimum atomic E-state index is -4.63. The normalized spacial score (nSPS) is 12.2. The van der Waals surface area contributed by atoms with Crippen LogP contribution in [0.1, 0.15) is 16.7 Å². The first-order valence-electron chi connectivity index (χ1n) is 9.33. The predicted molar refractivity (Wildman–Crippen MR) is 107 cm³/mol. The fourth-order valence-corrected chi connectivity index (χ4v) is 3.51. The summed E-state index contributed by atoms with van der Waals surface area (Å²) >= 11 is 0. The SMILES string of the molecule is Cc1cc(-c2cnn(C(CO)(CO)C(=O)O)c2)c(-c2ccccc2C)c(C(F)(F)F)c1. The lowest BCUT2D eigenvalue weighted by Crippen LogP contribution is -2.48. The number of nitrogens with zero attached hydrogens (tertiary/aromatic N) is 2. The molecule has 0 saturated heterocycles. The molecular formula is C22H21F3N2O4. The van der Waals surface area contributed by atoms with Gasteiger partial charge < -0.3 is 15.3 Å². The van der Waals surface area contributed by atoms with Gasteiger partial charge in [-0.25, -0.2) is 9.48 Å². The van der Waals surface area contributed by atoms with Gasteiger partial charge in [0.05, 0.1) is 25.0 Å². The number of carbonyl (C=O) groups is 1. The van der Waals surface area contributed by atoms with Gasteiger partial charge >= 0.3 is 12.1 Å². The van der Waals surface area contributed by atoms with Crippen molar-refractivity contribution in [3.8, 4) is 22.3 Å². The van der Waals surface area contributed by atoms with E-state index in [-0.39, 0.29) is 16.7 Å². The van der Waals surface area contributed by atoms with E-state index in [1.165, 1.54) is 19.3 Å². The summed E-state index contributed by atoms with van der Waals surface area (Å²) in [7, 11) is 0. The number of alkyl halides is 3. The van der Waals surface area contributed by atoms with E-state index in [2.05, 4.69) is 5.10 Å². The van der Waals surface area contributed by atoms with E-state index in [9.17, 15) is 33.3 Å². The maximum Gasteiger partial charge on any atom is 0.417 e. The van der Waals surface area contributed by atoms with Crippen LogP contribution in [0, 0.1) is 13.8 Å². The number of aromatic nitrogens is 2. The second-order valence-corrected chi connectivity index (χ2v) is 7.37. The van der Waals surface area contributed by atoms with Crippen molar-refractivity contribution in [1.29, 1.82) is 0 Å². The van der Waals surface area contributed by atoms with E-state index < -0.39 is 36.5 Å². The van der Waals surface area contributed by atoms with Crippen LogP contribution in [0.25, 0.3) is 22.3 Å². The molecule has 0 saturated carbocycles.